The number of ether oxygens (including phenoxy) is 1. The Hall–Kier alpha value is -1.18. The maximum Gasteiger partial charge on any atom is 0.416 e. The van der Waals surface area contributed by atoms with Crippen LogP contribution in [0, 0.1) is 5.82 Å². The number of benzene rings is 1. The molecule has 3 rings (SSSR count). The maximum atomic E-state index is 13.7. The highest BCUT2D eigenvalue weighted by molar-refractivity contribution is 5.30. The second-order valence-corrected chi connectivity index (χ2v) is 6.82. The largest absolute Gasteiger partial charge is 0.416 e. The van der Waals surface area contributed by atoms with Crippen molar-refractivity contribution in [3.05, 3.63) is 35.1 Å². The Kier molecular flexibility index (Phi) is 5.96. The van der Waals surface area contributed by atoms with E-state index in [1.165, 1.54) is 0 Å². The van der Waals surface area contributed by atoms with Crippen LogP contribution in [0.5, 0.6) is 0 Å². The molecule has 2 fully saturated rings. The van der Waals surface area contributed by atoms with Gasteiger partial charge < -0.3 is 10.1 Å². The molecule has 0 saturated carbocycles. The zero-order valence-corrected chi connectivity index (χ0v) is 14.1. The second-order valence-electron chi connectivity index (χ2n) is 6.82. The normalized spacial score (nSPS) is 23.2. The molecule has 0 aliphatic carbocycles. The van der Waals surface area contributed by atoms with Crippen molar-refractivity contribution in [2.45, 2.75) is 50.5 Å². The van der Waals surface area contributed by atoms with Gasteiger partial charge >= 0.3 is 6.18 Å². The Balaban J connectivity index is 1.87. The second kappa shape index (κ2) is 8.01. The lowest BCUT2D eigenvalue weighted by atomic mass is 9.97. The molecular formula is C18H24F4N2O. The number of hydrogen-bond donors (Lipinski definition) is 1. The molecule has 2 aliphatic heterocycles. The van der Waals surface area contributed by atoms with E-state index >= 15 is 0 Å². The van der Waals surface area contributed by atoms with Gasteiger partial charge in [-0.15, -0.1) is 0 Å². The minimum absolute atomic E-state index is 0.0181. The lowest BCUT2D eigenvalue weighted by molar-refractivity contribution is -0.138. The molecule has 0 aromatic heterocycles. The number of rotatable bonds is 4. The first-order chi connectivity index (χ1) is 11.9. The number of halogens is 4. The smallest absolute Gasteiger partial charge is 0.381 e. The average molecular weight is 360 g/mol. The summed E-state index contributed by atoms with van der Waals surface area (Å²) < 4.78 is 59.1. The van der Waals surface area contributed by atoms with Gasteiger partial charge in [-0.3, -0.25) is 4.90 Å². The first-order valence-electron chi connectivity index (χ1n) is 8.85. The predicted molar refractivity (Wildman–Crippen MR) is 86.7 cm³/mol. The third-order valence-electron chi connectivity index (χ3n) is 5.13. The van der Waals surface area contributed by atoms with Gasteiger partial charge in [-0.2, -0.15) is 13.2 Å². The number of piperidine rings is 1. The number of nitrogens with zero attached hydrogens (tertiary/aromatic N) is 1. The van der Waals surface area contributed by atoms with Crippen LogP contribution in [0.15, 0.2) is 18.2 Å². The van der Waals surface area contributed by atoms with Crippen molar-refractivity contribution in [1.29, 1.82) is 0 Å². The van der Waals surface area contributed by atoms with Gasteiger partial charge in [0.15, 0.2) is 0 Å². The average Bonchev–Trinajstić information content (AvgIpc) is 2.60. The molecule has 1 aromatic rings. The van der Waals surface area contributed by atoms with Crippen molar-refractivity contribution in [1.82, 2.24) is 10.2 Å². The topological polar surface area (TPSA) is 24.5 Å². The van der Waals surface area contributed by atoms with Crippen LogP contribution in [0.2, 0.25) is 0 Å². The van der Waals surface area contributed by atoms with Gasteiger partial charge in [0.1, 0.15) is 5.82 Å². The van der Waals surface area contributed by atoms with Crippen LogP contribution < -0.4 is 5.32 Å². The van der Waals surface area contributed by atoms with E-state index in [1.54, 1.807) is 0 Å². The zero-order chi connectivity index (χ0) is 17.9. The molecular weight excluding hydrogens is 336 g/mol. The first kappa shape index (κ1) is 18.6. The third-order valence-corrected chi connectivity index (χ3v) is 5.13. The molecule has 1 aromatic carbocycles. The van der Waals surface area contributed by atoms with E-state index in [0.29, 0.717) is 13.2 Å². The lowest BCUT2D eigenvalue weighted by Gasteiger charge is -2.42. The minimum Gasteiger partial charge on any atom is -0.381 e. The van der Waals surface area contributed by atoms with Crippen LogP contribution in [0.4, 0.5) is 17.6 Å². The van der Waals surface area contributed by atoms with Crippen LogP contribution >= 0.6 is 0 Å². The maximum absolute atomic E-state index is 13.7. The standard InChI is InChI=1S/C18H24F4N2O/c19-14-3-4-17(18(20,21)22)13(10-14)12-24(15-5-8-25-9-6-15)16-2-1-7-23-11-16/h3-4,10,15-16,23H,1-2,5-9,11-12H2/t16-/m0/s1. The summed E-state index contributed by atoms with van der Waals surface area (Å²) in [5.41, 5.74) is -0.723. The van der Waals surface area contributed by atoms with Crippen LogP contribution in [0.25, 0.3) is 0 Å². The van der Waals surface area contributed by atoms with Gasteiger partial charge in [0.25, 0.3) is 0 Å². The van der Waals surface area contributed by atoms with Crippen molar-refractivity contribution in [2.75, 3.05) is 26.3 Å². The summed E-state index contributed by atoms with van der Waals surface area (Å²) in [4.78, 5) is 2.14. The Morgan fingerprint density at radius 3 is 2.52 bits per heavy atom. The quantitative estimate of drug-likeness (QED) is 0.831. The van der Waals surface area contributed by atoms with Crippen LogP contribution in [-0.2, 0) is 17.5 Å². The molecule has 2 saturated heterocycles. The Morgan fingerprint density at radius 1 is 1.12 bits per heavy atom. The van der Waals surface area contributed by atoms with Crippen molar-refractivity contribution < 1.29 is 22.3 Å². The summed E-state index contributed by atoms with van der Waals surface area (Å²) >= 11 is 0. The fourth-order valence-corrected chi connectivity index (χ4v) is 3.86. The minimum atomic E-state index is -4.48. The highest BCUT2D eigenvalue weighted by Crippen LogP contribution is 2.34. The molecule has 1 N–H and O–H groups in total. The molecule has 2 heterocycles. The highest BCUT2D eigenvalue weighted by Gasteiger charge is 2.36. The van der Waals surface area contributed by atoms with Gasteiger partial charge in [-0.05, 0) is 56.0 Å². The van der Waals surface area contributed by atoms with Gasteiger partial charge in [0.2, 0.25) is 0 Å². The van der Waals surface area contributed by atoms with Crippen molar-refractivity contribution in [2.24, 2.45) is 0 Å². The summed E-state index contributed by atoms with van der Waals surface area (Å²) in [6.45, 7) is 3.05. The van der Waals surface area contributed by atoms with Crippen LogP contribution in [-0.4, -0.2) is 43.3 Å². The van der Waals surface area contributed by atoms with Gasteiger partial charge in [0, 0.05) is 38.4 Å². The molecule has 2 aliphatic rings. The fourth-order valence-electron chi connectivity index (χ4n) is 3.86. The monoisotopic (exact) mass is 360 g/mol. The Morgan fingerprint density at radius 2 is 1.88 bits per heavy atom. The molecule has 140 valence electrons. The Labute approximate surface area is 145 Å². The highest BCUT2D eigenvalue weighted by atomic mass is 19.4. The van der Waals surface area contributed by atoms with Gasteiger partial charge in [-0.25, -0.2) is 4.39 Å². The molecule has 0 spiro atoms. The molecule has 1 atom stereocenters. The van der Waals surface area contributed by atoms with E-state index in [1.807, 2.05) is 0 Å². The Bertz CT molecular complexity index is 549. The molecule has 7 heteroatoms. The summed E-state index contributed by atoms with van der Waals surface area (Å²) in [6, 6.07) is 3.11. The number of hydrogen-bond acceptors (Lipinski definition) is 3. The van der Waals surface area contributed by atoms with Gasteiger partial charge in [0.05, 0.1) is 5.56 Å². The van der Waals surface area contributed by atoms with Crippen molar-refractivity contribution in [3.63, 3.8) is 0 Å². The molecule has 0 bridgehead atoms. The number of alkyl halides is 3. The molecule has 3 nitrogen and oxygen atoms in total. The van der Waals surface area contributed by atoms with Crippen molar-refractivity contribution >= 4 is 0 Å². The van der Waals surface area contributed by atoms with E-state index in [4.69, 9.17) is 4.74 Å². The van der Waals surface area contributed by atoms with E-state index in [9.17, 15) is 17.6 Å². The molecule has 0 amide bonds. The third kappa shape index (κ3) is 4.71. The van der Waals surface area contributed by atoms with Crippen molar-refractivity contribution in [3.8, 4) is 0 Å². The van der Waals surface area contributed by atoms with E-state index in [-0.39, 0.29) is 24.2 Å². The predicted octanol–water partition coefficient (Wildman–Crippen LogP) is 3.58. The first-order valence-corrected chi connectivity index (χ1v) is 8.85. The SMILES string of the molecule is Fc1ccc(C(F)(F)F)c(CN(C2CCOCC2)[C@H]2CCCNC2)c1. The zero-order valence-electron chi connectivity index (χ0n) is 14.1. The summed E-state index contributed by atoms with van der Waals surface area (Å²) in [5.74, 6) is -0.628. The fraction of sp³-hybridized carbons (Fsp3) is 0.667. The summed E-state index contributed by atoms with van der Waals surface area (Å²) in [6.07, 6.45) is -0.934. The molecule has 25 heavy (non-hydrogen) atoms. The van der Waals surface area contributed by atoms with Gasteiger partial charge in [-0.1, -0.05) is 0 Å². The molecule has 0 unspecified atom stereocenters. The molecule has 0 radical (unpaired) electrons. The van der Waals surface area contributed by atoms with E-state index < -0.39 is 17.6 Å². The van der Waals surface area contributed by atoms with Crippen LogP contribution in [0.1, 0.15) is 36.8 Å². The summed E-state index contributed by atoms with van der Waals surface area (Å²) in [5, 5.41) is 3.33. The van der Waals surface area contributed by atoms with E-state index in [2.05, 4.69) is 10.2 Å². The van der Waals surface area contributed by atoms with E-state index in [0.717, 1.165) is 57.0 Å². The van der Waals surface area contributed by atoms with Crippen LogP contribution in [0.3, 0.4) is 0 Å². The summed E-state index contributed by atoms with van der Waals surface area (Å²) in [7, 11) is 0. The lowest BCUT2D eigenvalue weighted by Crippen LogP contribution is -2.51. The number of nitrogens with one attached hydrogen (secondary N) is 1.